The van der Waals surface area contributed by atoms with E-state index in [0.29, 0.717) is 22.4 Å². The molecule has 0 aliphatic rings. The predicted octanol–water partition coefficient (Wildman–Crippen LogP) is 1.93. The molecule has 0 bridgehead atoms. The molecule has 1 aromatic carbocycles. The van der Waals surface area contributed by atoms with Crippen molar-refractivity contribution in [3.63, 3.8) is 0 Å². The number of aliphatic carboxylic acids is 1. The number of benzene rings is 1. The lowest BCUT2D eigenvalue weighted by Gasteiger charge is -2.09. The summed E-state index contributed by atoms with van der Waals surface area (Å²) in [4.78, 5) is 10.6. The summed E-state index contributed by atoms with van der Waals surface area (Å²) in [6, 6.07) is 5.10. The molecule has 0 saturated carbocycles. The number of carboxylic acids is 1. The van der Waals surface area contributed by atoms with Crippen LogP contribution in [-0.2, 0) is 17.1 Å². The van der Waals surface area contributed by atoms with E-state index in [9.17, 15) is 4.79 Å². The number of halogens is 1. The third kappa shape index (κ3) is 2.65. The highest BCUT2D eigenvalue weighted by Crippen LogP contribution is 2.25. The molecule has 0 aromatic heterocycles. The quantitative estimate of drug-likeness (QED) is 0.815. The first-order valence-corrected chi connectivity index (χ1v) is 5.03. The minimum absolute atomic E-state index is 0.154. The molecule has 0 amide bonds. The molecular formula is C11H10ClNO3. The molecule has 0 saturated heterocycles. The van der Waals surface area contributed by atoms with Gasteiger partial charge in [-0.05, 0) is 17.7 Å². The maximum Gasteiger partial charge on any atom is 0.307 e. The van der Waals surface area contributed by atoms with Crippen LogP contribution in [0.5, 0.6) is 5.75 Å². The summed E-state index contributed by atoms with van der Waals surface area (Å²) < 4.78 is 5.03. The molecule has 0 unspecified atom stereocenters. The number of carboxylic acid groups (broad SMARTS) is 1. The Bertz CT molecular complexity index is 451. The van der Waals surface area contributed by atoms with Crippen LogP contribution < -0.4 is 4.74 Å². The number of hydrogen-bond acceptors (Lipinski definition) is 3. The van der Waals surface area contributed by atoms with E-state index in [4.69, 9.17) is 26.7 Å². The van der Waals surface area contributed by atoms with Crippen molar-refractivity contribution < 1.29 is 14.6 Å². The second-order valence-electron chi connectivity index (χ2n) is 3.14. The number of methoxy groups -OCH3 is 1. The molecule has 0 atom stereocenters. The maximum absolute atomic E-state index is 10.6. The van der Waals surface area contributed by atoms with Crippen LogP contribution in [0.2, 0.25) is 0 Å². The summed E-state index contributed by atoms with van der Waals surface area (Å²) in [6.07, 6.45) is -0.154. The Labute approximate surface area is 98.0 Å². The molecular weight excluding hydrogens is 230 g/mol. The van der Waals surface area contributed by atoms with Crippen molar-refractivity contribution >= 4 is 17.6 Å². The highest BCUT2D eigenvalue weighted by atomic mass is 35.5. The molecule has 0 aliphatic heterocycles. The highest BCUT2D eigenvalue weighted by molar-refractivity contribution is 6.17. The van der Waals surface area contributed by atoms with Crippen molar-refractivity contribution in [3.05, 3.63) is 28.8 Å². The Morgan fingerprint density at radius 3 is 2.69 bits per heavy atom. The zero-order chi connectivity index (χ0) is 12.1. The summed E-state index contributed by atoms with van der Waals surface area (Å²) in [5, 5.41) is 17.6. The number of hydrogen-bond donors (Lipinski definition) is 1. The standard InChI is InChI=1S/C11H10ClNO3/c1-16-10-3-9(6-13)8(5-12)2-7(10)4-11(14)15/h2-3H,4-5H2,1H3,(H,14,15). The minimum atomic E-state index is -0.955. The van der Waals surface area contributed by atoms with E-state index < -0.39 is 5.97 Å². The third-order valence-corrected chi connectivity index (χ3v) is 2.40. The predicted molar refractivity (Wildman–Crippen MR) is 58.6 cm³/mol. The molecule has 0 aliphatic carbocycles. The smallest absolute Gasteiger partial charge is 0.307 e. The van der Waals surface area contributed by atoms with E-state index in [-0.39, 0.29) is 12.3 Å². The van der Waals surface area contributed by atoms with Gasteiger partial charge in [0.2, 0.25) is 0 Å². The van der Waals surface area contributed by atoms with Crippen molar-refractivity contribution in [2.75, 3.05) is 7.11 Å². The summed E-state index contributed by atoms with van der Waals surface area (Å²) in [5.41, 5.74) is 1.53. The summed E-state index contributed by atoms with van der Waals surface area (Å²) in [7, 11) is 1.43. The molecule has 1 N–H and O–H groups in total. The Balaban J connectivity index is 3.27. The average molecular weight is 240 g/mol. The fourth-order valence-electron chi connectivity index (χ4n) is 1.38. The SMILES string of the molecule is COc1cc(C#N)c(CCl)cc1CC(=O)O. The largest absolute Gasteiger partial charge is 0.496 e. The lowest BCUT2D eigenvalue weighted by molar-refractivity contribution is -0.136. The number of ether oxygens (including phenoxy) is 1. The molecule has 0 heterocycles. The van der Waals surface area contributed by atoms with Gasteiger partial charge in [-0.1, -0.05) is 0 Å². The van der Waals surface area contributed by atoms with E-state index in [1.807, 2.05) is 6.07 Å². The van der Waals surface area contributed by atoms with Crippen molar-refractivity contribution in [2.24, 2.45) is 0 Å². The second-order valence-corrected chi connectivity index (χ2v) is 3.40. The lowest BCUT2D eigenvalue weighted by atomic mass is 10.0. The van der Waals surface area contributed by atoms with Crippen LogP contribution in [0.25, 0.3) is 0 Å². The van der Waals surface area contributed by atoms with Gasteiger partial charge in [0.15, 0.2) is 0 Å². The second kappa shape index (κ2) is 5.38. The Hall–Kier alpha value is -1.73. The fourth-order valence-corrected chi connectivity index (χ4v) is 1.60. The van der Waals surface area contributed by atoms with Crippen LogP contribution in [0.15, 0.2) is 12.1 Å². The molecule has 5 heteroatoms. The van der Waals surface area contributed by atoms with Gasteiger partial charge >= 0.3 is 5.97 Å². The van der Waals surface area contributed by atoms with Crippen molar-refractivity contribution in [2.45, 2.75) is 12.3 Å². The Morgan fingerprint density at radius 1 is 1.56 bits per heavy atom. The molecule has 0 fully saturated rings. The fraction of sp³-hybridized carbons (Fsp3) is 0.273. The van der Waals surface area contributed by atoms with Crippen LogP contribution in [0.4, 0.5) is 0 Å². The highest BCUT2D eigenvalue weighted by Gasteiger charge is 2.12. The van der Waals surface area contributed by atoms with Gasteiger partial charge in [-0.25, -0.2) is 0 Å². The van der Waals surface area contributed by atoms with E-state index >= 15 is 0 Å². The number of carbonyl (C=O) groups is 1. The lowest BCUT2D eigenvalue weighted by Crippen LogP contribution is -2.04. The van der Waals surface area contributed by atoms with Gasteiger partial charge in [-0.15, -0.1) is 11.6 Å². The van der Waals surface area contributed by atoms with E-state index in [2.05, 4.69) is 0 Å². The number of alkyl halides is 1. The van der Waals surface area contributed by atoms with Gasteiger partial charge in [0.05, 0.1) is 25.2 Å². The Morgan fingerprint density at radius 2 is 2.25 bits per heavy atom. The maximum atomic E-state index is 10.6. The van der Waals surface area contributed by atoms with Gasteiger partial charge in [-0.3, -0.25) is 4.79 Å². The number of rotatable bonds is 4. The molecule has 84 valence electrons. The average Bonchev–Trinajstić information content (AvgIpc) is 2.27. The van der Waals surface area contributed by atoms with Crippen LogP contribution in [-0.4, -0.2) is 18.2 Å². The normalized spacial score (nSPS) is 9.56. The summed E-state index contributed by atoms with van der Waals surface area (Å²) in [5.74, 6) is -0.393. The summed E-state index contributed by atoms with van der Waals surface area (Å²) in [6.45, 7) is 0. The van der Waals surface area contributed by atoms with Gasteiger partial charge in [0, 0.05) is 11.4 Å². The molecule has 0 spiro atoms. The Kier molecular flexibility index (Phi) is 4.15. The zero-order valence-electron chi connectivity index (χ0n) is 8.66. The van der Waals surface area contributed by atoms with Gasteiger partial charge in [0.1, 0.15) is 5.75 Å². The topological polar surface area (TPSA) is 70.3 Å². The first-order valence-electron chi connectivity index (χ1n) is 4.50. The van der Waals surface area contributed by atoms with Crippen LogP contribution in [0, 0.1) is 11.3 Å². The number of nitriles is 1. The van der Waals surface area contributed by atoms with Crippen LogP contribution >= 0.6 is 11.6 Å². The number of nitrogens with zero attached hydrogens (tertiary/aromatic N) is 1. The van der Waals surface area contributed by atoms with Gasteiger partial charge in [0.25, 0.3) is 0 Å². The van der Waals surface area contributed by atoms with Gasteiger partial charge in [-0.2, -0.15) is 5.26 Å². The molecule has 1 aromatic rings. The van der Waals surface area contributed by atoms with Crippen molar-refractivity contribution in [1.29, 1.82) is 5.26 Å². The van der Waals surface area contributed by atoms with Crippen LogP contribution in [0.1, 0.15) is 16.7 Å². The molecule has 0 radical (unpaired) electrons. The molecule has 1 rings (SSSR count). The van der Waals surface area contributed by atoms with E-state index in [0.717, 1.165) is 0 Å². The summed E-state index contributed by atoms with van der Waals surface area (Å²) >= 11 is 5.68. The van der Waals surface area contributed by atoms with Crippen molar-refractivity contribution in [1.82, 2.24) is 0 Å². The van der Waals surface area contributed by atoms with Crippen LogP contribution in [0.3, 0.4) is 0 Å². The zero-order valence-corrected chi connectivity index (χ0v) is 9.41. The van der Waals surface area contributed by atoms with E-state index in [1.165, 1.54) is 13.2 Å². The molecule has 16 heavy (non-hydrogen) atoms. The first-order chi connectivity index (χ1) is 7.62. The van der Waals surface area contributed by atoms with E-state index in [1.54, 1.807) is 6.07 Å². The first kappa shape index (κ1) is 12.3. The molecule has 4 nitrogen and oxygen atoms in total. The third-order valence-electron chi connectivity index (χ3n) is 2.11. The minimum Gasteiger partial charge on any atom is -0.496 e. The van der Waals surface area contributed by atoms with Crippen molar-refractivity contribution in [3.8, 4) is 11.8 Å². The monoisotopic (exact) mass is 239 g/mol. The van der Waals surface area contributed by atoms with Gasteiger partial charge < -0.3 is 9.84 Å².